The fourth-order valence-electron chi connectivity index (χ4n) is 5.38. The van der Waals surface area contributed by atoms with Crippen LogP contribution < -0.4 is 5.32 Å². The Morgan fingerprint density at radius 2 is 1.67 bits per heavy atom. The Bertz CT molecular complexity index is 982. The number of halogens is 6. The van der Waals surface area contributed by atoms with Crippen LogP contribution in [0, 0.1) is 11.3 Å². The number of sulfonamides is 1. The summed E-state index contributed by atoms with van der Waals surface area (Å²) < 4.78 is 106. The summed E-state index contributed by atoms with van der Waals surface area (Å²) in [6.45, 7) is -1.12. The van der Waals surface area contributed by atoms with Crippen molar-refractivity contribution in [3.63, 3.8) is 0 Å². The van der Waals surface area contributed by atoms with E-state index in [1.807, 2.05) is 0 Å². The van der Waals surface area contributed by atoms with Crippen LogP contribution >= 0.6 is 0 Å². The van der Waals surface area contributed by atoms with Crippen LogP contribution in [0.1, 0.15) is 54.7 Å². The zero-order chi connectivity index (χ0) is 21.7. The van der Waals surface area contributed by atoms with E-state index in [0.717, 1.165) is 25.3 Å². The number of nitrogens with one attached hydrogen (secondary N) is 1. The summed E-state index contributed by atoms with van der Waals surface area (Å²) >= 11 is 0. The van der Waals surface area contributed by atoms with Crippen molar-refractivity contribution in [1.82, 2.24) is 4.31 Å². The number of anilines is 1. The SMILES string of the molecule is O=S(=O)(N1Cc2c(ccc(C(F)(F)F)c2C2CC2)N[C@H](C23CC(C2)C3)C1)C(F)(F)F. The zero-order valence-corrected chi connectivity index (χ0v) is 16.6. The van der Waals surface area contributed by atoms with E-state index in [0.29, 0.717) is 28.8 Å². The van der Waals surface area contributed by atoms with Gasteiger partial charge in [-0.1, -0.05) is 0 Å². The van der Waals surface area contributed by atoms with E-state index in [-0.39, 0.29) is 16.5 Å². The number of alkyl halides is 6. The quantitative estimate of drug-likeness (QED) is 0.666. The Kier molecular flexibility index (Phi) is 4.12. The van der Waals surface area contributed by atoms with Gasteiger partial charge in [0, 0.05) is 24.8 Å². The lowest BCUT2D eigenvalue weighted by Crippen LogP contribution is -2.63. The Hall–Kier alpha value is -1.49. The molecule has 11 heteroatoms. The van der Waals surface area contributed by atoms with Gasteiger partial charge in [-0.25, -0.2) is 8.42 Å². The van der Waals surface area contributed by atoms with Gasteiger partial charge in [0.05, 0.1) is 5.56 Å². The number of hydrogen-bond donors (Lipinski definition) is 1. The molecule has 0 amide bonds. The molecule has 4 saturated carbocycles. The predicted molar refractivity (Wildman–Crippen MR) is 96.0 cm³/mol. The number of benzene rings is 1. The van der Waals surface area contributed by atoms with Crippen molar-refractivity contribution in [3.8, 4) is 0 Å². The number of nitrogens with zero attached hydrogens (tertiary/aromatic N) is 1. The third-order valence-corrected chi connectivity index (χ3v) is 8.70. The normalized spacial score (nSPS) is 31.8. The average Bonchev–Trinajstić information content (AvgIpc) is 3.34. The highest BCUT2D eigenvalue weighted by atomic mass is 32.2. The van der Waals surface area contributed by atoms with Crippen molar-refractivity contribution in [2.45, 2.75) is 62.3 Å². The highest BCUT2D eigenvalue weighted by Crippen LogP contribution is 2.67. The molecule has 1 N–H and O–H groups in total. The van der Waals surface area contributed by atoms with Crippen molar-refractivity contribution in [3.05, 3.63) is 28.8 Å². The van der Waals surface area contributed by atoms with Gasteiger partial charge in [0.15, 0.2) is 0 Å². The van der Waals surface area contributed by atoms with Gasteiger partial charge in [0.25, 0.3) is 0 Å². The smallest absolute Gasteiger partial charge is 0.380 e. The average molecular weight is 454 g/mol. The van der Waals surface area contributed by atoms with Crippen LogP contribution in [-0.4, -0.2) is 30.8 Å². The van der Waals surface area contributed by atoms with Crippen LogP contribution in [0.4, 0.5) is 32.0 Å². The third kappa shape index (κ3) is 2.95. The monoisotopic (exact) mass is 454 g/mol. The molecule has 30 heavy (non-hydrogen) atoms. The molecule has 4 nitrogen and oxygen atoms in total. The van der Waals surface area contributed by atoms with Gasteiger partial charge in [0.1, 0.15) is 0 Å². The molecular weight excluding hydrogens is 434 g/mol. The van der Waals surface area contributed by atoms with Crippen molar-refractivity contribution in [2.24, 2.45) is 11.3 Å². The highest BCUT2D eigenvalue weighted by Gasteiger charge is 2.62. The minimum absolute atomic E-state index is 0.0225. The predicted octanol–water partition coefficient (Wildman–Crippen LogP) is 4.83. The highest BCUT2D eigenvalue weighted by molar-refractivity contribution is 7.89. The van der Waals surface area contributed by atoms with Crippen molar-refractivity contribution >= 4 is 15.7 Å². The molecule has 0 radical (unpaired) electrons. The molecule has 0 aromatic heterocycles. The van der Waals surface area contributed by atoms with Crippen LogP contribution in [0.15, 0.2) is 12.1 Å². The van der Waals surface area contributed by atoms with E-state index in [9.17, 15) is 34.8 Å². The lowest BCUT2D eigenvalue weighted by atomic mass is 9.42. The fraction of sp³-hybridized carbons (Fsp3) is 0.684. The first-order valence-corrected chi connectivity index (χ1v) is 11.3. The standard InChI is InChI=1S/C19H20F6N2O2S/c20-18(21,22)13-3-4-14-12(16(13)11-1-2-11)8-27(30(28,29)19(23,24)25)9-15(26-14)17-5-10(6-17)7-17/h3-4,10-11,15,26H,1-2,5-9H2/t10?,15-,17?/m0/s1. The van der Waals surface area contributed by atoms with E-state index in [1.165, 1.54) is 6.07 Å². The Labute approximate surface area is 169 Å². The molecule has 0 unspecified atom stereocenters. The topological polar surface area (TPSA) is 49.4 Å². The second-order valence-electron chi connectivity index (χ2n) is 9.11. The van der Waals surface area contributed by atoms with Gasteiger partial charge in [0.2, 0.25) is 0 Å². The van der Waals surface area contributed by atoms with Gasteiger partial charge in [-0.2, -0.15) is 30.6 Å². The summed E-state index contributed by atoms with van der Waals surface area (Å²) in [6, 6.07) is 1.64. The lowest BCUT2D eigenvalue weighted by molar-refractivity contribution is -0.138. The molecule has 166 valence electrons. The fourth-order valence-corrected chi connectivity index (χ4v) is 6.32. The summed E-state index contributed by atoms with van der Waals surface area (Å²) in [5, 5.41) is 3.15. The Morgan fingerprint density at radius 1 is 1.03 bits per heavy atom. The first-order chi connectivity index (χ1) is 13.8. The molecule has 6 rings (SSSR count). The van der Waals surface area contributed by atoms with Gasteiger partial charge >= 0.3 is 21.7 Å². The van der Waals surface area contributed by atoms with Crippen molar-refractivity contribution in [2.75, 3.05) is 11.9 Å². The third-order valence-electron chi connectivity index (χ3n) is 7.16. The number of hydrogen-bond acceptors (Lipinski definition) is 3. The van der Waals surface area contributed by atoms with Crippen LogP contribution in [-0.2, 0) is 22.7 Å². The minimum atomic E-state index is -5.68. The molecule has 1 heterocycles. The molecule has 4 fully saturated rings. The minimum Gasteiger partial charge on any atom is -0.380 e. The molecule has 1 aromatic carbocycles. The van der Waals surface area contributed by atoms with E-state index >= 15 is 0 Å². The number of fused-ring (bicyclic) bond motifs is 1. The van der Waals surface area contributed by atoms with Crippen LogP contribution in [0.25, 0.3) is 0 Å². The van der Waals surface area contributed by atoms with Gasteiger partial charge in [-0.15, -0.1) is 0 Å². The summed E-state index contributed by atoms with van der Waals surface area (Å²) in [5.74, 6) is 0.0946. The largest absolute Gasteiger partial charge is 0.511 e. The second-order valence-corrected chi connectivity index (χ2v) is 11.0. The number of rotatable bonds is 3. The lowest BCUT2D eigenvalue weighted by Gasteiger charge is -2.65. The first-order valence-electron chi connectivity index (χ1n) is 9.88. The maximum atomic E-state index is 13.6. The molecule has 1 aromatic rings. The van der Waals surface area contributed by atoms with E-state index < -0.39 is 52.3 Å². The molecule has 1 atom stereocenters. The first kappa shape index (κ1) is 20.4. The van der Waals surface area contributed by atoms with E-state index in [4.69, 9.17) is 0 Å². The Morgan fingerprint density at radius 3 is 2.13 bits per heavy atom. The molecule has 4 aliphatic carbocycles. The summed E-state index contributed by atoms with van der Waals surface area (Å²) in [4.78, 5) is 0. The second kappa shape index (κ2) is 6.05. The van der Waals surface area contributed by atoms with E-state index in [2.05, 4.69) is 5.32 Å². The molecular formula is C19H20F6N2O2S. The van der Waals surface area contributed by atoms with Gasteiger partial charge in [-0.3, -0.25) is 0 Å². The van der Waals surface area contributed by atoms with Gasteiger partial charge < -0.3 is 5.32 Å². The van der Waals surface area contributed by atoms with E-state index in [1.54, 1.807) is 0 Å². The molecule has 1 aliphatic heterocycles. The van der Waals surface area contributed by atoms with Crippen LogP contribution in [0.3, 0.4) is 0 Å². The Balaban J connectivity index is 1.64. The maximum absolute atomic E-state index is 13.6. The molecule has 5 aliphatic rings. The van der Waals surface area contributed by atoms with Crippen molar-refractivity contribution < 1.29 is 34.8 Å². The summed E-state index contributed by atoms with van der Waals surface area (Å²) in [5.41, 5.74) is -6.41. The summed E-state index contributed by atoms with van der Waals surface area (Å²) in [7, 11) is -5.68. The molecule has 0 saturated heterocycles. The van der Waals surface area contributed by atoms with Crippen LogP contribution in [0.2, 0.25) is 0 Å². The summed E-state index contributed by atoms with van der Waals surface area (Å²) in [6.07, 6.45) is -1.26. The zero-order valence-electron chi connectivity index (χ0n) is 15.8. The maximum Gasteiger partial charge on any atom is 0.511 e. The molecule has 0 spiro atoms. The molecule has 2 bridgehead atoms. The van der Waals surface area contributed by atoms with Gasteiger partial charge in [-0.05, 0) is 72.6 Å². The van der Waals surface area contributed by atoms with Crippen LogP contribution in [0.5, 0.6) is 0 Å². The van der Waals surface area contributed by atoms with Crippen molar-refractivity contribution in [1.29, 1.82) is 0 Å².